The van der Waals surface area contributed by atoms with Crippen LogP contribution in [0.1, 0.15) is 18.9 Å². The van der Waals surface area contributed by atoms with E-state index >= 15 is 0 Å². The van der Waals surface area contributed by atoms with Crippen LogP contribution in [0.3, 0.4) is 0 Å². The van der Waals surface area contributed by atoms with E-state index in [1.165, 1.54) is 6.07 Å². The van der Waals surface area contributed by atoms with Crippen molar-refractivity contribution >= 4 is 55.7 Å². The number of rotatable bonds is 4. The summed E-state index contributed by atoms with van der Waals surface area (Å²) in [6.07, 6.45) is -0.785. The molecule has 1 aromatic carbocycles. The van der Waals surface area contributed by atoms with Crippen molar-refractivity contribution in [3.8, 4) is 0 Å². The van der Waals surface area contributed by atoms with Crippen molar-refractivity contribution in [1.82, 2.24) is 9.97 Å². The number of halogens is 2. The average molecular weight is 377 g/mol. The molecule has 1 atom stereocenters. The number of nitrogens with zero attached hydrogens (tertiary/aromatic N) is 1. The van der Waals surface area contributed by atoms with E-state index in [1.807, 2.05) is 24.3 Å². The maximum Gasteiger partial charge on any atom is 0.300 e. The molecule has 9 heteroatoms. The Labute approximate surface area is 141 Å². The molecule has 22 heavy (non-hydrogen) atoms. The minimum atomic E-state index is -4.02. The normalized spacial score (nSPS) is 13.6. The molecular formula is C13H10Cl2N2O3S2. The average Bonchev–Trinajstić information content (AvgIpc) is 3.01. The van der Waals surface area contributed by atoms with Crippen molar-refractivity contribution < 1.29 is 12.6 Å². The van der Waals surface area contributed by atoms with Crippen molar-refractivity contribution in [3.05, 3.63) is 44.8 Å². The summed E-state index contributed by atoms with van der Waals surface area (Å²) in [6.45, 7) is 1.59. The molecule has 1 N–H and O–H groups in total. The van der Waals surface area contributed by atoms with Crippen LogP contribution in [-0.2, 0) is 14.3 Å². The minimum absolute atomic E-state index is 0.0711. The lowest BCUT2D eigenvalue weighted by Crippen LogP contribution is -2.11. The van der Waals surface area contributed by atoms with Gasteiger partial charge in [0.2, 0.25) is 0 Å². The van der Waals surface area contributed by atoms with Crippen LogP contribution in [-0.4, -0.2) is 18.4 Å². The molecule has 0 fully saturated rings. The second-order valence-electron chi connectivity index (χ2n) is 4.52. The smallest absolute Gasteiger partial charge is 0.300 e. The zero-order valence-electron chi connectivity index (χ0n) is 11.2. The van der Waals surface area contributed by atoms with Gasteiger partial charge in [0, 0.05) is 0 Å². The minimum Gasteiger partial charge on any atom is -0.340 e. The van der Waals surface area contributed by atoms with Gasteiger partial charge in [0.15, 0.2) is 0 Å². The summed E-state index contributed by atoms with van der Waals surface area (Å²) < 4.78 is 30.1. The Balaban J connectivity index is 1.89. The quantitative estimate of drug-likeness (QED) is 0.684. The first-order valence-electron chi connectivity index (χ1n) is 6.19. The Morgan fingerprint density at radius 3 is 2.68 bits per heavy atom. The van der Waals surface area contributed by atoms with Gasteiger partial charge < -0.3 is 4.98 Å². The van der Waals surface area contributed by atoms with Crippen molar-refractivity contribution in [2.75, 3.05) is 0 Å². The molecule has 3 rings (SSSR count). The number of nitrogens with one attached hydrogen (secondary N) is 1. The largest absolute Gasteiger partial charge is 0.340 e. The van der Waals surface area contributed by atoms with Crippen LogP contribution in [0, 0.1) is 0 Å². The van der Waals surface area contributed by atoms with Crippen molar-refractivity contribution in [3.63, 3.8) is 0 Å². The Kier molecular flexibility index (Phi) is 4.17. The molecule has 0 aliphatic heterocycles. The fourth-order valence-electron chi connectivity index (χ4n) is 1.95. The number of aromatic nitrogens is 2. The van der Waals surface area contributed by atoms with E-state index < -0.39 is 16.2 Å². The third-order valence-corrected chi connectivity index (χ3v) is 6.09. The van der Waals surface area contributed by atoms with Crippen LogP contribution in [0.5, 0.6) is 0 Å². The topological polar surface area (TPSA) is 72.1 Å². The SMILES string of the molecule is C[C@H](OS(=O)(=O)c1cc(Cl)sc1Cl)c1nc2ccccc2[nH]1. The van der Waals surface area contributed by atoms with Gasteiger partial charge in [0.05, 0.1) is 15.4 Å². The molecule has 0 spiro atoms. The van der Waals surface area contributed by atoms with Gasteiger partial charge in [0.1, 0.15) is 21.2 Å². The Bertz CT molecular complexity index is 901. The third-order valence-electron chi connectivity index (χ3n) is 2.96. The number of thiophene rings is 1. The van der Waals surface area contributed by atoms with Crippen molar-refractivity contribution in [1.29, 1.82) is 0 Å². The van der Waals surface area contributed by atoms with E-state index in [1.54, 1.807) is 6.92 Å². The summed E-state index contributed by atoms with van der Waals surface area (Å²) in [7, 11) is -4.02. The van der Waals surface area contributed by atoms with Gasteiger partial charge in [-0.2, -0.15) is 8.42 Å². The predicted octanol–water partition coefficient (Wildman–Crippen LogP) is 4.40. The molecule has 0 saturated heterocycles. The van der Waals surface area contributed by atoms with Crippen LogP contribution in [0.2, 0.25) is 8.67 Å². The number of hydrogen-bond donors (Lipinski definition) is 1. The first kappa shape index (κ1) is 15.8. The predicted molar refractivity (Wildman–Crippen MR) is 87.1 cm³/mol. The fraction of sp³-hybridized carbons (Fsp3) is 0.154. The molecule has 0 aliphatic carbocycles. The summed E-state index contributed by atoms with van der Waals surface area (Å²) >= 11 is 12.6. The van der Waals surface area contributed by atoms with Crippen molar-refractivity contribution in [2.24, 2.45) is 0 Å². The number of benzene rings is 1. The molecule has 0 radical (unpaired) electrons. The number of H-pyrrole nitrogens is 1. The molecule has 0 bridgehead atoms. The highest BCUT2D eigenvalue weighted by molar-refractivity contribution is 7.87. The number of para-hydroxylation sites is 2. The van der Waals surface area contributed by atoms with Gasteiger partial charge in [-0.25, -0.2) is 4.98 Å². The molecule has 116 valence electrons. The molecule has 0 amide bonds. The van der Waals surface area contributed by atoms with Gasteiger partial charge in [-0.05, 0) is 25.1 Å². The van der Waals surface area contributed by atoms with Gasteiger partial charge in [-0.15, -0.1) is 11.3 Å². The zero-order valence-corrected chi connectivity index (χ0v) is 14.4. The molecule has 5 nitrogen and oxygen atoms in total. The number of fused-ring (bicyclic) bond motifs is 1. The first-order valence-corrected chi connectivity index (χ1v) is 9.17. The molecule has 0 aliphatic rings. The highest BCUT2D eigenvalue weighted by atomic mass is 35.5. The molecule has 0 saturated carbocycles. The maximum atomic E-state index is 12.3. The Hall–Kier alpha value is -1.12. The van der Waals surface area contributed by atoms with E-state index in [0.29, 0.717) is 5.82 Å². The zero-order chi connectivity index (χ0) is 15.9. The van der Waals surface area contributed by atoms with Gasteiger partial charge in [-0.1, -0.05) is 35.3 Å². The Morgan fingerprint density at radius 1 is 1.32 bits per heavy atom. The van der Waals surface area contributed by atoms with E-state index in [2.05, 4.69) is 9.97 Å². The highest BCUT2D eigenvalue weighted by Crippen LogP contribution is 2.36. The second-order valence-corrected chi connectivity index (χ2v) is 8.35. The lowest BCUT2D eigenvalue weighted by Gasteiger charge is -2.10. The van der Waals surface area contributed by atoms with E-state index in [-0.39, 0.29) is 13.6 Å². The lowest BCUT2D eigenvalue weighted by molar-refractivity contribution is 0.225. The van der Waals surface area contributed by atoms with Crippen LogP contribution >= 0.6 is 34.5 Å². The molecule has 2 heterocycles. The fourth-order valence-corrected chi connectivity index (χ4v) is 5.11. The first-order chi connectivity index (χ1) is 10.4. The molecule has 0 unspecified atom stereocenters. The summed E-state index contributed by atoms with van der Waals surface area (Å²) in [6, 6.07) is 8.66. The van der Waals surface area contributed by atoms with Gasteiger partial charge in [0.25, 0.3) is 10.1 Å². The summed E-state index contributed by atoms with van der Waals surface area (Å²) in [5.41, 5.74) is 1.55. The van der Waals surface area contributed by atoms with Crippen LogP contribution in [0.25, 0.3) is 11.0 Å². The number of imidazole rings is 1. The highest BCUT2D eigenvalue weighted by Gasteiger charge is 2.26. The van der Waals surface area contributed by atoms with Crippen LogP contribution < -0.4 is 0 Å². The van der Waals surface area contributed by atoms with Crippen LogP contribution in [0.15, 0.2) is 35.2 Å². The monoisotopic (exact) mass is 376 g/mol. The Morgan fingerprint density at radius 2 is 2.05 bits per heavy atom. The number of aromatic amines is 1. The molecule has 2 aromatic heterocycles. The van der Waals surface area contributed by atoms with E-state index in [9.17, 15) is 8.42 Å². The summed E-state index contributed by atoms with van der Waals surface area (Å²) in [4.78, 5) is 7.22. The third kappa shape index (κ3) is 3.00. The number of hydrogen-bond acceptors (Lipinski definition) is 5. The van der Waals surface area contributed by atoms with E-state index in [0.717, 1.165) is 22.4 Å². The second kappa shape index (κ2) is 5.82. The molecule has 3 aromatic rings. The van der Waals surface area contributed by atoms with Crippen LogP contribution in [0.4, 0.5) is 0 Å². The summed E-state index contributed by atoms with van der Waals surface area (Å²) in [5, 5.41) is 0. The lowest BCUT2D eigenvalue weighted by atomic mass is 10.3. The summed E-state index contributed by atoms with van der Waals surface area (Å²) in [5.74, 6) is 0.419. The maximum absolute atomic E-state index is 12.3. The van der Waals surface area contributed by atoms with Crippen molar-refractivity contribution in [2.45, 2.75) is 17.9 Å². The molecular weight excluding hydrogens is 367 g/mol. The standard InChI is InChI=1S/C13H10Cl2N2O3S2/c1-7(13-16-8-4-2-3-5-9(8)17-13)20-22(18,19)10-6-11(14)21-12(10)15/h2-7H,1H3,(H,16,17)/t7-/m0/s1. The van der Waals surface area contributed by atoms with E-state index in [4.69, 9.17) is 27.4 Å². The van der Waals surface area contributed by atoms with Gasteiger partial charge in [-0.3, -0.25) is 4.18 Å². The van der Waals surface area contributed by atoms with Gasteiger partial charge >= 0.3 is 0 Å².